The van der Waals surface area contributed by atoms with Crippen LogP contribution < -0.4 is 0 Å². The van der Waals surface area contributed by atoms with Crippen LogP contribution in [0.15, 0.2) is 47.4 Å². The van der Waals surface area contributed by atoms with Crippen LogP contribution in [0.4, 0.5) is 4.39 Å². The standard InChI is InChI=1S/C15H13FN2O2S/c1-10-17-14-8-3-11(16)9-15(14)18(10)12-4-6-13(7-5-12)21(2,19)20/h3-9H,1-2H3. The summed E-state index contributed by atoms with van der Waals surface area (Å²) >= 11 is 0. The fourth-order valence-corrected chi connectivity index (χ4v) is 2.97. The quantitative estimate of drug-likeness (QED) is 0.731. The molecule has 0 aliphatic heterocycles. The van der Waals surface area contributed by atoms with Crippen LogP contribution in [0.1, 0.15) is 5.82 Å². The van der Waals surface area contributed by atoms with Crippen LogP contribution in [0.5, 0.6) is 0 Å². The first-order valence-electron chi connectivity index (χ1n) is 6.31. The predicted octanol–water partition coefficient (Wildman–Crippen LogP) is 2.88. The summed E-state index contributed by atoms with van der Waals surface area (Å²) < 4.78 is 38.2. The Labute approximate surface area is 121 Å². The van der Waals surface area contributed by atoms with Gasteiger partial charge in [0, 0.05) is 18.0 Å². The molecule has 0 bridgehead atoms. The Morgan fingerprint density at radius 1 is 1.10 bits per heavy atom. The molecule has 0 spiro atoms. The zero-order chi connectivity index (χ0) is 15.2. The minimum Gasteiger partial charge on any atom is -0.296 e. The lowest BCUT2D eigenvalue weighted by Gasteiger charge is -2.08. The van der Waals surface area contributed by atoms with E-state index in [-0.39, 0.29) is 10.7 Å². The van der Waals surface area contributed by atoms with Crippen LogP contribution in [-0.2, 0) is 9.84 Å². The van der Waals surface area contributed by atoms with E-state index in [2.05, 4.69) is 4.98 Å². The van der Waals surface area contributed by atoms with Crippen molar-refractivity contribution in [2.75, 3.05) is 6.26 Å². The highest BCUT2D eigenvalue weighted by molar-refractivity contribution is 7.90. The van der Waals surface area contributed by atoms with Gasteiger partial charge in [-0.3, -0.25) is 4.57 Å². The summed E-state index contributed by atoms with van der Waals surface area (Å²) in [5.74, 6) is 0.374. The number of sulfone groups is 1. The molecule has 0 saturated heterocycles. The zero-order valence-electron chi connectivity index (χ0n) is 11.5. The number of halogens is 1. The molecule has 0 aliphatic carbocycles. The van der Waals surface area contributed by atoms with Crippen molar-refractivity contribution < 1.29 is 12.8 Å². The number of aromatic nitrogens is 2. The third kappa shape index (κ3) is 2.42. The first-order valence-corrected chi connectivity index (χ1v) is 8.20. The van der Waals surface area contributed by atoms with Crippen molar-refractivity contribution >= 4 is 20.9 Å². The average Bonchev–Trinajstić information content (AvgIpc) is 2.73. The maximum Gasteiger partial charge on any atom is 0.175 e. The molecular weight excluding hydrogens is 291 g/mol. The molecule has 1 aromatic heterocycles. The van der Waals surface area contributed by atoms with Crippen LogP contribution in [0.3, 0.4) is 0 Å². The SMILES string of the molecule is Cc1nc2ccc(F)cc2n1-c1ccc(S(C)(=O)=O)cc1. The van der Waals surface area contributed by atoms with E-state index in [4.69, 9.17) is 0 Å². The van der Waals surface area contributed by atoms with Crippen molar-refractivity contribution in [3.63, 3.8) is 0 Å². The Morgan fingerprint density at radius 3 is 2.38 bits per heavy atom. The minimum atomic E-state index is -3.23. The number of aryl methyl sites for hydroxylation is 1. The van der Waals surface area contributed by atoms with Gasteiger partial charge in [0.15, 0.2) is 9.84 Å². The van der Waals surface area contributed by atoms with Gasteiger partial charge in [-0.25, -0.2) is 17.8 Å². The van der Waals surface area contributed by atoms with E-state index in [1.54, 1.807) is 22.8 Å². The highest BCUT2D eigenvalue weighted by Crippen LogP contribution is 2.23. The summed E-state index contributed by atoms with van der Waals surface area (Å²) in [6.45, 7) is 1.82. The fraction of sp³-hybridized carbons (Fsp3) is 0.133. The van der Waals surface area contributed by atoms with Gasteiger partial charge in [-0.05, 0) is 43.3 Å². The lowest BCUT2D eigenvalue weighted by atomic mass is 10.2. The molecule has 0 radical (unpaired) electrons. The number of nitrogens with zero attached hydrogens (tertiary/aromatic N) is 2. The van der Waals surface area contributed by atoms with Gasteiger partial charge in [0.05, 0.1) is 15.9 Å². The van der Waals surface area contributed by atoms with Gasteiger partial charge >= 0.3 is 0 Å². The molecule has 4 nitrogen and oxygen atoms in total. The maximum absolute atomic E-state index is 13.4. The van der Waals surface area contributed by atoms with E-state index < -0.39 is 9.84 Å². The number of rotatable bonds is 2. The molecule has 1 heterocycles. The molecule has 2 aromatic carbocycles. The Morgan fingerprint density at radius 2 is 1.76 bits per heavy atom. The molecular formula is C15H13FN2O2S. The monoisotopic (exact) mass is 304 g/mol. The van der Waals surface area contributed by atoms with E-state index in [0.717, 1.165) is 11.9 Å². The third-order valence-corrected chi connectivity index (χ3v) is 4.44. The molecule has 21 heavy (non-hydrogen) atoms. The Balaban J connectivity index is 2.20. The normalized spacial score (nSPS) is 12.0. The first-order chi connectivity index (χ1) is 9.86. The lowest BCUT2D eigenvalue weighted by molar-refractivity contribution is 0.602. The second kappa shape index (κ2) is 4.66. The Hall–Kier alpha value is -2.21. The fourth-order valence-electron chi connectivity index (χ4n) is 2.34. The van der Waals surface area contributed by atoms with Crippen molar-refractivity contribution in [1.29, 1.82) is 0 Å². The van der Waals surface area contributed by atoms with Crippen LogP contribution in [-0.4, -0.2) is 24.2 Å². The largest absolute Gasteiger partial charge is 0.296 e. The van der Waals surface area contributed by atoms with E-state index >= 15 is 0 Å². The molecule has 0 aliphatic rings. The topological polar surface area (TPSA) is 52.0 Å². The summed E-state index contributed by atoms with van der Waals surface area (Å²) in [4.78, 5) is 4.63. The van der Waals surface area contributed by atoms with Crippen LogP contribution in [0.25, 0.3) is 16.7 Å². The zero-order valence-corrected chi connectivity index (χ0v) is 12.4. The van der Waals surface area contributed by atoms with Gasteiger partial charge < -0.3 is 0 Å². The summed E-state index contributed by atoms with van der Waals surface area (Å²) in [5.41, 5.74) is 2.09. The van der Waals surface area contributed by atoms with Gasteiger partial charge in [0.2, 0.25) is 0 Å². The van der Waals surface area contributed by atoms with Crippen molar-refractivity contribution in [2.24, 2.45) is 0 Å². The molecule has 0 fully saturated rings. The van der Waals surface area contributed by atoms with Gasteiger partial charge in [0.25, 0.3) is 0 Å². The number of hydrogen-bond donors (Lipinski definition) is 0. The highest BCUT2D eigenvalue weighted by atomic mass is 32.2. The first kappa shape index (κ1) is 13.8. The van der Waals surface area contributed by atoms with E-state index in [1.807, 2.05) is 6.92 Å². The minimum absolute atomic E-state index is 0.250. The van der Waals surface area contributed by atoms with E-state index in [9.17, 15) is 12.8 Å². The van der Waals surface area contributed by atoms with Gasteiger partial charge in [-0.15, -0.1) is 0 Å². The number of imidazole rings is 1. The van der Waals surface area contributed by atoms with Crippen LogP contribution >= 0.6 is 0 Å². The summed E-state index contributed by atoms with van der Waals surface area (Å²) in [6.07, 6.45) is 1.16. The molecule has 108 valence electrons. The molecule has 0 unspecified atom stereocenters. The van der Waals surface area contributed by atoms with E-state index in [1.165, 1.54) is 24.3 Å². The summed E-state index contributed by atoms with van der Waals surface area (Å²) in [6, 6.07) is 10.9. The molecule has 0 amide bonds. The second-order valence-electron chi connectivity index (χ2n) is 4.89. The van der Waals surface area contributed by atoms with Crippen molar-refractivity contribution in [3.8, 4) is 5.69 Å². The average molecular weight is 304 g/mol. The smallest absolute Gasteiger partial charge is 0.175 e. The maximum atomic E-state index is 13.4. The molecule has 0 atom stereocenters. The van der Waals surface area contributed by atoms with Gasteiger partial charge in [-0.2, -0.15) is 0 Å². The van der Waals surface area contributed by atoms with Crippen LogP contribution in [0.2, 0.25) is 0 Å². The van der Waals surface area contributed by atoms with Crippen LogP contribution in [0, 0.1) is 12.7 Å². The molecule has 0 saturated carbocycles. The van der Waals surface area contributed by atoms with E-state index in [0.29, 0.717) is 16.9 Å². The van der Waals surface area contributed by atoms with Crippen molar-refractivity contribution in [3.05, 3.63) is 54.1 Å². The number of hydrogen-bond acceptors (Lipinski definition) is 3. The second-order valence-corrected chi connectivity index (χ2v) is 6.91. The van der Waals surface area contributed by atoms with Gasteiger partial charge in [-0.1, -0.05) is 0 Å². The number of benzene rings is 2. The van der Waals surface area contributed by atoms with Crippen molar-refractivity contribution in [1.82, 2.24) is 9.55 Å². The van der Waals surface area contributed by atoms with Crippen molar-refractivity contribution in [2.45, 2.75) is 11.8 Å². The number of fused-ring (bicyclic) bond motifs is 1. The Kier molecular flexibility index (Phi) is 3.06. The summed E-state index contributed by atoms with van der Waals surface area (Å²) in [7, 11) is -3.23. The predicted molar refractivity (Wildman–Crippen MR) is 78.9 cm³/mol. The third-order valence-electron chi connectivity index (χ3n) is 3.31. The lowest BCUT2D eigenvalue weighted by Crippen LogP contribution is -2.00. The molecule has 6 heteroatoms. The highest BCUT2D eigenvalue weighted by Gasteiger charge is 2.12. The molecule has 3 rings (SSSR count). The van der Waals surface area contributed by atoms with Gasteiger partial charge in [0.1, 0.15) is 11.6 Å². The Bertz CT molecular complexity index is 928. The summed E-state index contributed by atoms with van der Waals surface area (Å²) in [5, 5.41) is 0. The molecule has 3 aromatic rings. The molecule has 0 N–H and O–H groups in total.